The van der Waals surface area contributed by atoms with Crippen LogP contribution in [0.2, 0.25) is 0 Å². The molecule has 1 rings (SSSR count). The molecular weight excluding hydrogens is 287 g/mol. The zero-order chi connectivity index (χ0) is 15.2. The molecule has 0 N–H and O–H groups in total. The van der Waals surface area contributed by atoms with Crippen LogP contribution in [-0.4, -0.2) is 42.7 Å². The molecule has 112 valence electrons. The van der Waals surface area contributed by atoms with E-state index in [4.69, 9.17) is 0 Å². The minimum Gasteiger partial charge on any atom is -0.293 e. The zero-order valence-corrected chi connectivity index (χ0v) is 12.4. The number of rotatable bonds is 7. The maximum Gasteiger partial charge on any atom is 0.401 e. The lowest BCUT2D eigenvalue weighted by molar-refractivity contribution is -0.144. The Kier molecular flexibility index (Phi) is 6.55. The Labute approximate surface area is 121 Å². The summed E-state index contributed by atoms with van der Waals surface area (Å²) in [6, 6.07) is 6.91. The van der Waals surface area contributed by atoms with E-state index in [-0.39, 0.29) is 18.9 Å². The second kappa shape index (κ2) is 7.69. The van der Waals surface area contributed by atoms with E-state index in [1.807, 2.05) is 6.26 Å². The summed E-state index contributed by atoms with van der Waals surface area (Å²) >= 11 is 1.55. The van der Waals surface area contributed by atoms with Crippen LogP contribution in [-0.2, 0) is 0 Å². The number of hydrogen-bond donors (Lipinski definition) is 0. The van der Waals surface area contributed by atoms with Gasteiger partial charge in [0.2, 0.25) is 0 Å². The Morgan fingerprint density at radius 3 is 2.30 bits per heavy atom. The maximum atomic E-state index is 12.4. The molecule has 0 atom stereocenters. The van der Waals surface area contributed by atoms with Crippen molar-refractivity contribution in [3.63, 3.8) is 0 Å². The van der Waals surface area contributed by atoms with Crippen molar-refractivity contribution < 1.29 is 18.0 Å². The van der Waals surface area contributed by atoms with Gasteiger partial charge in [0, 0.05) is 10.5 Å². The number of Topliss-reactive ketones (excluding diaryl/α,β-unsaturated/α-hetero) is 1. The SMILES string of the molecule is CCCN(CC(=O)c1ccc(SC)cc1)CC(F)(F)F. The molecule has 1 aromatic carbocycles. The summed E-state index contributed by atoms with van der Waals surface area (Å²) in [5, 5.41) is 0. The van der Waals surface area contributed by atoms with Gasteiger partial charge in [-0.3, -0.25) is 9.69 Å². The second-order valence-corrected chi connectivity index (χ2v) is 5.36. The Bertz CT molecular complexity index is 431. The third-order valence-corrected chi connectivity index (χ3v) is 3.47. The molecule has 0 radical (unpaired) electrons. The molecule has 6 heteroatoms. The van der Waals surface area contributed by atoms with Crippen LogP contribution in [0.4, 0.5) is 13.2 Å². The Hall–Kier alpha value is -1.01. The molecular formula is C14H18F3NOS. The van der Waals surface area contributed by atoms with E-state index in [2.05, 4.69) is 0 Å². The van der Waals surface area contributed by atoms with Crippen LogP contribution in [0.5, 0.6) is 0 Å². The van der Waals surface area contributed by atoms with Gasteiger partial charge in [0.25, 0.3) is 0 Å². The monoisotopic (exact) mass is 305 g/mol. The summed E-state index contributed by atoms with van der Waals surface area (Å²) in [4.78, 5) is 14.2. The maximum absolute atomic E-state index is 12.4. The van der Waals surface area contributed by atoms with E-state index < -0.39 is 12.7 Å². The van der Waals surface area contributed by atoms with E-state index in [1.54, 1.807) is 43.0 Å². The predicted octanol–water partition coefficient (Wildman–Crippen LogP) is 3.87. The highest BCUT2D eigenvalue weighted by molar-refractivity contribution is 7.98. The molecule has 2 nitrogen and oxygen atoms in total. The number of thioether (sulfide) groups is 1. The number of carbonyl (C=O) groups is 1. The van der Waals surface area contributed by atoms with Crippen molar-refractivity contribution in [2.75, 3.05) is 25.9 Å². The van der Waals surface area contributed by atoms with Gasteiger partial charge in [-0.15, -0.1) is 11.8 Å². The highest BCUT2D eigenvalue weighted by Crippen LogP contribution is 2.18. The fourth-order valence-corrected chi connectivity index (χ4v) is 2.26. The molecule has 20 heavy (non-hydrogen) atoms. The van der Waals surface area contributed by atoms with Crippen molar-refractivity contribution in [2.45, 2.75) is 24.4 Å². The van der Waals surface area contributed by atoms with Crippen molar-refractivity contribution in [3.05, 3.63) is 29.8 Å². The summed E-state index contributed by atoms with van der Waals surface area (Å²) in [6.45, 7) is 0.802. The van der Waals surface area contributed by atoms with Gasteiger partial charge in [-0.05, 0) is 31.4 Å². The first kappa shape index (κ1) is 17.0. The molecule has 1 aromatic rings. The first-order valence-corrected chi connectivity index (χ1v) is 7.54. The number of nitrogens with zero attached hydrogens (tertiary/aromatic N) is 1. The lowest BCUT2D eigenvalue weighted by atomic mass is 10.1. The standard InChI is InChI=1S/C14H18F3NOS/c1-3-8-18(10-14(15,16)17)9-13(19)11-4-6-12(20-2)7-5-11/h4-7H,3,8-10H2,1-2H3. The minimum atomic E-state index is -4.28. The van der Waals surface area contributed by atoms with Crippen LogP contribution in [0.15, 0.2) is 29.2 Å². The molecule has 0 spiro atoms. The van der Waals surface area contributed by atoms with E-state index in [9.17, 15) is 18.0 Å². The van der Waals surface area contributed by atoms with E-state index in [1.165, 1.54) is 0 Å². The van der Waals surface area contributed by atoms with Crippen LogP contribution >= 0.6 is 11.8 Å². The summed E-state index contributed by atoms with van der Waals surface area (Å²) in [5.74, 6) is -0.282. The van der Waals surface area contributed by atoms with Gasteiger partial charge in [0.15, 0.2) is 5.78 Å². The first-order chi connectivity index (χ1) is 9.35. The van der Waals surface area contributed by atoms with Crippen molar-refractivity contribution in [1.29, 1.82) is 0 Å². The van der Waals surface area contributed by atoms with Gasteiger partial charge < -0.3 is 0 Å². The third kappa shape index (κ3) is 5.96. The second-order valence-electron chi connectivity index (χ2n) is 4.48. The number of benzene rings is 1. The Morgan fingerprint density at radius 1 is 1.25 bits per heavy atom. The van der Waals surface area contributed by atoms with Gasteiger partial charge in [-0.25, -0.2) is 0 Å². The molecule has 0 saturated heterocycles. The quantitative estimate of drug-likeness (QED) is 0.563. The van der Waals surface area contributed by atoms with Gasteiger partial charge >= 0.3 is 6.18 Å². The van der Waals surface area contributed by atoms with E-state index in [0.717, 1.165) is 9.80 Å². The molecule has 0 aromatic heterocycles. The molecule has 0 unspecified atom stereocenters. The number of ketones is 1. The smallest absolute Gasteiger partial charge is 0.293 e. The molecule has 0 fully saturated rings. The summed E-state index contributed by atoms with van der Waals surface area (Å²) in [6.07, 6.45) is -1.78. The molecule has 0 bridgehead atoms. The summed E-state index contributed by atoms with van der Waals surface area (Å²) in [7, 11) is 0. The van der Waals surface area contributed by atoms with Crippen molar-refractivity contribution >= 4 is 17.5 Å². The minimum absolute atomic E-state index is 0.202. The average Bonchev–Trinajstić information content (AvgIpc) is 2.37. The molecule has 0 saturated carbocycles. The Balaban J connectivity index is 2.69. The topological polar surface area (TPSA) is 20.3 Å². The molecule has 0 aliphatic rings. The van der Waals surface area contributed by atoms with Crippen molar-refractivity contribution in [1.82, 2.24) is 4.90 Å². The van der Waals surface area contributed by atoms with Crippen molar-refractivity contribution in [2.24, 2.45) is 0 Å². The first-order valence-electron chi connectivity index (χ1n) is 6.32. The molecule has 0 aliphatic heterocycles. The van der Waals surface area contributed by atoms with Crippen LogP contribution < -0.4 is 0 Å². The molecule has 0 aliphatic carbocycles. The fraction of sp³-hybridized carbons (Fsp3) is 0.500. The van der Waals surface area contributed by atoms with Crippen LogP contribution in [0.25, 0.3) is 0 Å². The highest BCUT2D eigenvalue weighted by atomic mass is 32.2. The van der Waals surface area contributed by atoms with Crippen LogP contribution in [0.3, 0.4) is 0 Å². The number of halogens is 3. The van der Waals surface area contributed by atoms with Crippen LogP contribution in [0, 0.1) is 0 Å². The van der Waals surface area contributed by atoms with E-state index in [0.29, 0.717) is 12.0 Å². The zero-order valence-electron chi connectivity index (χ0n) is 11.5. The highest BCUT2D eigenvalue weighted by Gasteiger charge is 2.31. The van der Waals surface area contributed by atoms with Crippen molar-refractivity contribution in [3.8, 4) is 0 Å². The Morgan fingerprint density at radius 2 is 1.85 bits per heavy atom. The van der Waals surface area contributed by atoms with Gasteiger partial charge in [0.05, 0.1) is 13.1 Å². The van der Waals surface area contributed by atoms with Crippen LogP contribution in [0.1, 0.15) is 23.7 Å². The van der Waals surface area contributed by atoms with Gasteiger partial charge in [0.1, 0.15) is 0 Å². The fourth-order valence-electron chi connectivity index (χ4n) is 1.86. The molecule has 0 heterocycles. The lowest BCUT2D eigenvalue weighted by Gasteiger charge is -2.22. The third-order valence-electron chi connectivity index (χ3n) is 2.72. The summed E-state index contributed by atoms with van der Waals surface area (Å²) < 4.78 is 37.3. The van der Waals surface area contributed by atoms with Gasteiger partial charge in [-0.1, -0.05) is 19.1 Å². The number of hydrogen-bond acceptors (Lipinski definition) is 3. The lowest BCUT2D eigenvalue weighted by Crippen LogP contribution is -2.38. The summed E-state index contributed by atoms with van der Waals surface area (Å²) in [5.41, 5.74) is 0.450. The number of carbonyl (C=O) groups excluding carboxylic acids is 1. The largest absolute Gasteiger partial charge is 0.401 e. The van der Waals surface area contributed by atoms with Gasteiger partial charge in [-0.2, -0.15) is 13.2 Å². The average molecular weight is 305 g/mol. The predicted molar refractivity (Wildman–Crippen MR) is 75.3 cm³/mol. The van der Waals surface area contributed by atoms with E-state index >= 15 is 0 Å². The normalized spacial score (nSPS) is 11.9. The molecule has 0 amide bonds. The number of alkyl halides is 3.